The molecule has 4 heteroatoms. The van der Waals surface area contributed by atoms with E-state index in [2.05, 4.69) is 71.3 Å². The lowest BCUT2D eigenvalue weighted by molar-refractivity contribution is 0.384. The van der Waals surface area contributed by atoms with E-state index in [0.717, 1.165) is 18.9 Å². The second kappa shape index (κ2) is 9.09. The Hall–Kier alpha value is -2.00. The smallest absolute Gasteiger partial charge is 0.191 e. The minimum Gasteiger partial charge on any atom is -0.356 e. The molecule has 1 fully saturated rings. The molecule has 1 aliphatic heterocycles. The van der Waals surface area contributed by atoms with Crippen molar-refractivity contribution in [2.45, 2.75) is 50.1 Å². The Bertz CT molecular complexity index is 662. The predicted molar refractivity (Wildman–Crippen MR) is 111 cm³/mol. The van der Waals surface area contributed by atoms with Crippen molar-refractivity contribution >= 4 is 18.4 Å². The second-order valence-corrected chi connectivity index (χ2v) is 7.17. The number of halogens is 1. The maximum atomic E-state index is 4.85. The first-order valence-electron chi connectivity index (χ1n) is 9.58. The van der Waals surface area contributed by atoms with Crippen LogP contribution in [0.15, 0.2) is 65.7 Å². The molecule has 3 nitrogen and oxygen atoms in total. The fraction of sp³-hybridized carbons (Fsp3) is 0.409. The van der Waals surface area contributed by atoms with E-state index in [0.29, 0.717) is 18.0 Å². The summed E-state index contributed by atoms with van der Waals surface area (Å²) in [6, 6.07) is 22.7. The van der Waals surface area contributed by atoms with Crippen LogP contribution in [-0.2, 0) is 0 Å². The van der Waals surface area contributed by atoms with Crippen LogP contribution >= 0.6 is 12.4 Å². The van der Waals surface area contributed by atoms with Crippen LogP contribution in [0.5, 0.6) is 0 Å². The van der Waals surface area contributed by atoms with Gasteiger partial charge in [-0.3, -0.25) is 0 Å². The van der Waals surface area contributed by atoms with E-state index in [9.17, 15) is 0 Å². The molecule has 2 aromatic rings. The molecule has 0 bridgehead atoms. The number of benzene rings is 2. The fourth-order valence-electron chi connectivity index (χ4n) is 4.14. The summed E-state index contributed by atoms with van der Waals surface area (Å²) in [6.45, 7) is 0.930. The molecule has 1 aliphatic carbocycles. The van der Waals surface area contributed by atoms with E-state index in [4.69, 9.17) is 4.99 Å². The van der Waals surface area contributed by atoms with Crippen molar-refractivity contribution in [2.75, 3.05) is 6.54 Å². The summed E-state index contributed by atoms with van der Waals surface area (Å²) in [5.41, 5.74) is 2.76. The maximum Gasteiger partial charge on any atom is 0.191 e. The lowest BCUT2D eigenvalue weighted by Crippen LogP contribution is -2.42. The minimum absolute atomic E-state index is 0. The monoisotopic (exact) mass is 369 g/mol. The molecule has 2 unspecified atom stereocenters. The second-order valence-electron chi connectivity index (χ2n) is 7.17. The van der Waals surface area contributed by atoms with Gasteiger partial charge in [0, 0.05) is 12.5 Å². The molecule has 0 aromatic heterocycles. The van der Waals surface area contributed by atoms with Gasteiger partial charge in [0.1, 0.15) is 0 Å². The van der Waals surface area contributed by atoms with Crippen LogP contribution in [0.4, 0.5) is 0 Å². The average molecular weight is 370 g/mol. The third-order valence-corrected chi connectivity index (χ3v) is 5.48. The van der Waals surface area contributed by atoms with Crippen LogP contribution in [0, 0.1) is 0 Å². The lowest BCUT2D eigenvalue weighted by atomic mass is 9.88. The zero-order valence-corrected chi connectivity index (χ0v) is 15.9. The fourth-order valence-corrected chi connectivity index (χ4v) is 4.14. The molecule has 138 valence electrons. The number of hydrogen-bond acceptors (Lipinski definition) is 3. The van der Waals surface area contributed by atoms with Crippen molar-refractivity contribution in [1.82, 2.24) is 10.6 Å². The van der Waals surface area contributed by atoms with E-state index in [-0.39, 0.29) is 12.4 Å². The third kappa shape index (κ3) is 4.39. The average Bonchev–Trinajstić information content (AvgIpc) is 3.09. The summed E-state index contributed by atoms with van der Waals surface area (Å²) in [7, 11) is 0. The van der Waals surface area contributed by atoms with Gasteiger partial charge in [0.25, 0.3) is 0 Å². The number of guanidine groups is 1. The molecule has 1 saturated carbocycles. The highest BCUT2D eigenvalue weighted by Crippen LogP contribution is 2.28. The van der Waals surface area contributed by atoms with Crippen molar-refractivity contribution in [2.24, 2.45) is 4.99 Å². The van der Waals surface area contributed by atoms with Crippen LogP contribution in [0.3, 0.4) is 0 Å². The standard InChI is InChI=1S/C22H27N3.ClH/c1-3-9-17(10-4-1)19(18-11-5-2-6-12-18)15-16-23-22-24-20-13-7-8-14-21(20)25-22;/h1-6,9-12,19-21H,7-8,13-16H2,(H2,23,24,25);1H. The number of hydrogen-bond donors (Lipinski definition) is 2. The highest BCUT2D eigenvalue weighted by atomic mass is 35.5. The Labute approximate surface area is 162 Å². The van der Waals surface area contributed by atoms with Crippen molar-refractivity contribution in [3.8, 4) is 0 Å². The van der Waals surface area contributed by atoms with Gasteiger partial charge in [-0.15, -0.1) is 12.4 Å². The Morgan fingerprint density at radius 3 is 2.15 bits per heavy atom. The molecule has 0 radical (unpaired) electrons. The number of nitrogens with one attached hydrogen (secondary N) is 2. The van der Waals surface area contributed by atoms with Crippen molar-refractivity contribution in [3.63, 3.8) is 0 Å². The zero-order valence-electron chi connectivity index (χ0n) is 15.1. The first-order chi connectivity index (χ1) is 12.4. The molecular weight excluding hydrogens is 342 g/mol. The van der Waals surface area contributed by atoms with Gasteiger partial charge in [0.2, 0.25) is 0 Å². The first-order valence-corrected chi connectivity index (χ1v) is 9.58. The maximum absolute atomic E-state index is 4.85. The molecule has 2 atom stereocenters. The molecule has 0 spiro atoms. The lowest BCUT2D eigenvalue weighted by Gasteiger charge is -2.23. The van der Waals surface area contributed by atoms with E-state index >= 15 is 0 Å². The van der Waals surface area contributed by atoms with Gasteiger partial charge in [-0.25, -0.2) is 4.99 Å². The third-order valence-electron chi connectivity index (χ3n) is 5.48. The molecular formula is C22H28ClN3. The van der Waals surface area contributed by atoms with Gasteiger partial charge in [-0.1, -0.05) is 73.5 Å². The van der Waals surface area contributed by atoms with Gasteiger partial charge < -0.3 is 10.6 Å². The van der Waals surface area contributed by atoms with Gasteiger partial charge in [0.05, 0.1) is 12.1 Å². The summed E-state index contributed by atoms with van der Waals surface area (Å²) in [5, 5.41) is 7.13. The van der Waals surface area contributed by atoms with Gasteiger partial charge in [0.15, 0.2) is 5.96 Å². The quantitative estimate of drug-likeness (QED) is 0.814. The number of nitrogens with zero attached hydrogens (tertiary/aromatic N) is 1. The first kappa shape index (κ1) is 18.8. The summed E-state index contributed by atoms with van der Waals surface area (Å²) in [4.78, 5) is 4.85. The zero-order chi connectivity index (χ0) is 16.9. The minimum atomic E-state index is 0. The molecule has 2 aliphatic rings. The van der Waals surface area contributed by atoms with Gasteiger partial charge >= 0.3 is 0 Å². The summed E-state index contributed by atoms with van der Waals surface area (Å²) in [5.74, 6) is 1.43. The van der Waals surface area contributed by atoms with Crippen LogP contribution < -0.4 is 10.6 Å². The van der Waals surface area contributed by atoms with Gasteiger partial charge in [-0.05, 0) is 30.4 Å². The molecule has 4 rings (SSSR count). The molecule has 2 N–H and O–H groups in total. The van der Waals surface area contributed by atoms with Crippen LogP contribution in [-0.4, -0.2) is 24.6 Å². The van der Waals surface area contributed by atoms with Gasteiger partial charge in [-0.2, -0.15) is 0 Å². The topological polar surface area (TPSA) is 36.4 Å². The van der Waals surface area contributed by atoms with Crippen LogP contribution in [0.1, 0.15) is 49.1 Å². The normalized spacial score (nSPS) is 21.3. The number of fused-ring (bicyclic) bond motifs is 1. The Balaban J connectivity index is 0.00000196. The Morgan fingerprint density at radius 2 is 1.54 bits per heavy atom. The van der Waals surface area contributed by atoms with E-state index < -0.39 is 0 Å². The molecule has 26 heavy (non-hydrogen) atoms. The Kier molecular flexibility index (Phi) is 6.56. The number of aliphatic imine (C=N–C) groups is 1. The number of rotatable bonds is 5. The largest absolute Gasteiger partial charge is 0.356 e. The molecule has 2 aromatic carbocycles. The van der Waals surface area contributed by atoms with E-state index in [1.54, 1.807) is 0 Å². The summed E-state index contributed by atoms with van der Waals surface area (Å²) < 4.78 is 0. The summed E-state index contributed by atoms with van der Waals surface area (Å²) >= 11 is 0. The molecule has 1 heterocycles. The van der Waals surface area contributed by atoms with Crippen LogP contribution in [0.2, 0.25) is 0 Å². The summed E-state index contributed by atoms with van der Waals surface area (Å²) in [6.07, 6.45) is 6.21. The predicted octanol–water partition coefficient (Wildman–Crippen LogP) is 4.49. The Morgan fingerprint density at radius 1 is 0.923 bits per heavy atom. The van der Waals surface area contributed by atoms with Crippen molar-refractivity contribution < 1.29 is 0 Å². The highest BCUT2D eigenvalue weighted by molar-refractivity contribution is 5.85. The highest BCUT2D eigenvalue weighted by Gasteiger charge is 2.30. The van der Waals surface area contributed by atoms with Crippen molar-refractivity contribution in [3.05, 3.63) is 71.8 Å². The SMILES string of the molecule is Cl.c1ccc(C(CCNC2=NC3CCCCC3N2)c2ccccc2)cc1. The van der Waals surface area contributed by atoms with E-state index in [1.807, 2.05) is 0 Å². The molecule has 0 amide bonds. The van der Waals surface area contributed by atoms with Crippen molar-refractivity contribution in [1.29, 1.82) is 0 Å². The van der Waals surface area contributed by atoms with Crippen LogP contribution in [0.25, 0.3) is 0 Å². The van der Waals surface area contributed by atoms with E-state index in [1.165, 1.54) is 36.8 Å². The molecule has 0 saturated heterocycles.